The summed E-state index contributed by atoms with van der Waals surface area (Å²) in [5.74, 6) is 0.564. The maximum atomic E-state index is 14.1. The minimum atomic E-state index is -0.461. The minimum absolute atomic E-state index is 0.00644. The molecule has 0 fully saturated rings. The van der Waals surface area contributed by atoms with Crippen LogP contribution in [0, 0.1) is 5.82 Å². The van der Waals surface area contributed by atoms with Gasteiger partial charge >= 0.3 is 0 Å². The summed E-state index contributed by atoms with van der Waals surface area (Å²) in [6.07, 6.45) is 1.50. The number of fused-ring (bicyclic) bond motifs is 1. The van der Waals surface area contributed by atoms with Crippen LogP contribution in [0.4, 0.5) is 4.39 Å². The molecule has 0 N–H and O–H groups in total. The molecule has 0 unspecified atom stereocenters. The van der Waals surface area contributed by atoms with E-state index in [2.05, 4.69) is 37.0 Å². The van der Waals surface area contributed by atoms with Crippen molar-refractivity contribution in [1.82, 2.24) is 9.66 Å². The molecule has 180 valence electrons. The summed E-state index contributed by atoms with van der Waals surface area (Å²) in [4.78, 5) is 18.1. The van der Waals surface area contributed by atoms with Crippen molar-refractivity contribution in [3.05, 3.63) is 102 Å². The number of halogens is 4. The molecule has 4 rings (SSSR count). The molecule has 0 atom stereocenters. The number of nitrogens with zero attached hydrogens (tertiary/aromatic N) is 3. The first kappa shape index (κ1) is 25.5. The van der Waals surface area contributed by atoms with Crippen molar-refractivity contribution in [3.8, 4) is 5.75 Å². The molecule has 0 amide bonds. The van der Waals surface area contributed by atoms with Crippen LogP contribution >= 0.6 is 43.5 Å². The zero-order valence-electron chi connectivity index (χ0n) is 19.2. The zero-order chi connectivity index (χ0) is 25.3. The van der Waals surface area contributed by atoms with Crippen molar-refractivity contribution in [2.75, 3.05) is 0 Å². The monoisotopic (exact) mass is 619 g/mol. The molecule has 0 bridgehead atoms. The summed E-state index contributed by atoms with van der Waals surface area (Å²) < 4.78 is 22.7. The molecule has 0 aliphatic rings. The van der Waals surface area contributed by atoms with Gasteiger partial charge in [-0.25, -0.2) is 9.37 Å². The van der Waals surface area contributed by atoms with Crippen molar-refractivity contribution < 1.29 is 9.13 Å². The highest BCUT2D eigenvalue weighted by Crippen LogP contribution is 2.33. The van der Waals surface area contributed by atoms with E-state index in [1.165, 1.54) is 17.0 Å². The summed E-state index contributed by atoms with van der Waals surface area (Å²) >= 11 is 13.2. The first-order chi connectivity index (χ1) is 16.5. The fourth-order valence-corrected chi connectivity index (χ4v) is 4.76. The second-order valence-electron chi connectivity index (χ2n) is 8.89. The average molecular weight is 622 g/mol. The smallest absolute Gasteiger partial charge is 0.282 e. The van der Waals surface area contributed by atoms with Crippen molar-refractivity contribution in [2.45, 2.75) is 32.8 Å². The van der Waals surface area contributed by atoms with Gasteiger partial charge in [0, 0.05) is 26.0 Å². The van der Waals surface area contributed by atoms with E-state index in [9.17, 15) is 9.18 Å². The van der Waals surface area contributed by atoms with E-state index in [4.69, 9.17) is 21.3 Å². The molecule has 1 aromatic heterocycles. The third kappa shape index (κ3) is 5.66. The normalized spacial score (nSPS) is 12.0. The van der Waals surface area contributed by atoms with Crippen molar-refractivity contribution in [2.24, 2.45) is 5.10 Å². The summed E-state index contributed by atoms with van der Waals surface area (Å²) in [5, 5.41) is 5.39. The third-order valence-electron chi connectivity index (χ3n) is 5.16. The highest BCUT2D eigenvalue weighted by Gasteiger charge is 2.23. The highest BCUT2D eigenvalue weighted by atomic mass is 79.9. The van der Waals surface area contributed by atoms with E-state index in [0.717, 1.165) is 4.47 Å². The van der Waals surface area contributed by atoms with Gasteiger partial charge in [-0.3, -0.25) is 4.79 Å². The van der Waals surface area contributed by atoms with Gasteiger partial charge in [0.2, 0.25) is 0 Å². The summed E-state index contributed by atoms with van der Waals surface area (Å²) in [6.45, 7) is 5.89. The molecular formula is C26H21Br2ClFN3O2. The second-order valence-corrected chi connectivity index (χ2v) is 11.1. The predicted molar refractivity (Wildman–Crippen MR) is 145 cm³/mol. The molecule has 5 nitrogen and oxygen atoms in total. The van der Waals surface area contributed by atoms with Crippen molar-refractivity contribution >= 4 is 60.6 Å². The molecule has 1 heterocycles. The van der Waals surface area contributed by atoms with Crippen LogP contribution in [0.1, 0.15) is 37.7 Å². The van der Waals surface area contributed by atoms with Gasteiger partial charge in [0.15, 0.2) is 0 Å². The van der Waals surface area contributed by atoms with Crippen LogP contribution in [0.15, 0.2) is 73.4 Å². The van der Waals surface area contributed by atoms with E-state index in [1.807, 2.05) is 26.8 Å². The molecule has 0 saturated heterocycles. The maximum absolute atomic E-state index is 14.1. The Morgan fingerprint density at radius 3 is 2.60 bits per heavy atom. The Bertz CT molecular complexity index is 1510. The Morgan fingerprint density at radius 1 is 1.14 bits per heavy atom. The van der Waals surface area contributed by atoms with Gasteiger partial charge in [-0.2, -0.15) is 9.78 Å². The number of hydrogen-bond acceptors (Lipinski definition) is 4. The number of ether oxygens (including phenoxy) is 1. The van der Waals surface area contributed by atoms with Crippen LogP contribution in [-0.4, -0.2) is 15.9 Å². The molecule has 35 heavy (non-hydrogen) atoms. The zero-order valence-corrected chi connectivity index (χ0v) is 23.1. The first-order valence-corrected chi connectivity index (χ1v) is 12.6. The number of rotatable bonds is 5. The van der Waals surface area contributed by atoms with Crippen LogP contribution in [0.3, 0.4) is 0 Å². The van der Waals surface area contributed by atoms with E-state index in [-0.39, 0.29) is 18.0 Å². The molecule has 3 aromatic carbocycles. The lowest BCUT2D eigenvalue weighted by Crippen LogP contribution is -2.29. The van der Waals surface area contributed by atoms with Gasteiger partial charge in [0.1, 0.15) is 24.0 Å². The lowest BCUT2D eigenvalue weighted by molar-refractivity contribution is 0.297. The molecule has 4 aromatic rings. The first-order valence-electron chi connectivity index (χ1n) is 10.7. The lowest BCUT2D eigenvalue weighted by atomic mass is 9.95. The van der Waals surface area contributed by atoms with Crippen molar-refractivity contribution in [3.63, 3.8) is 0 Å². The lowest BCUT2D eigenvalue weighted by Gasteiger charge is -2.21. The largest absolute Gasteiger partial charge is 0.487 e. The maximum Gasteiger partial charge on any atom is 0.282 e. The van der Waals surface area contributed by atoms with Crippen LogP contribution in [0.25, 0.3) is 10.9 Å². The van der Waals surface area contributed by atoms with Crippen molar-refractivity contribution in [1.29, 1.82) is 0 Å². The second kappa shape index (κ2) is 10.2. The molecule has 0 aliphatic carbocycles. The molecular weight excluding hydrogens is 601 g/mol. The van der Waals surface area contributed by atoms with Gasteiger partial charge in [-0.1, -0.05) is 66.5 Å². The van der Waals surface area contributed by atoms with E-state index >= 15 is 0 Å². The number of benzene rings is 3. The van der Waals surface area contributed by atoms with Gasteiger partial charge in [-0.15, -0.1) is 0 Å². The van der Waals surface area contributed by atoms with Gasteiger partial charge < -0.3 is 4.74 Å². The fraction of sp³-hybridized carbons (Fsp3) is 0.192. The van der Waals surface area contributed by atoms with Gasteiger partial charge in [-0.05, 0) is 52.3 Å². The van der Waals surface area contributed by atoms with E-state index in [1.54, 1.807) is 42.5 Å². The Kier molecular flexibility index (Phi) is 7.45. The Morgan fingerprint density at radius 2 is 1.89 bits per heavy atom. The van der Waals surface area contributed by atoms with E-state index in [0.29, 0.717) is 43.1 Å². The van der Waals surface area contributed by atoms with Crippen LogP contribution in [0.2, 0.25) is 5.02 Å². The quantitative estimate of drug-likeness (QED) is 0.217. The summed E-state index contributed by atoms with van der Waals surface area (Å²) in [7, 11) is 0. The van der Waals surface area contributed by atoms with Crippen LogP contribution < -0.4 is 10.3 Å². The Balaban J connectivity index is 1.81. The van der Waals surface area contributed by atoms with Crippen LogP contribution in [-0.2, 0) is 12.0 Å². The summed E-state index contributed by atoms with van der Waals surface area (Å²) in [5.41, 5.74) is 0.757. The molecule has 0 saturated carbocycles. The highest BCUT2D eigenvalue weighted by molar-refractivity contribution is 9.10. The van der Waals surface area contributed by atoms with Gasteiger partial charge in [0.05, 0.1) is 21.6 Å². The Labute approximate surface area is 223 Å². The number of aromatic nitrogens is 2. The van der Waals surface area contributed by atoms with Crippen LogP contribution in [0.5, 0.6) is 5.75 Å². The Hall–Kier alpha value is -2.55. The fourth-order valence-electron chi connectivity index (χ4n) is 3.46. The topological polar surface area (TPSA) is 56.5 Å². The molecule has 0 radical (unpaired) electrons. The standard InChI is InChI=1S/C26H21Br2ClFN3O2/c1-26(2,3)25-32-22-9-8-17(27)11-19(22)24(34)33(25)31-13-16-10-18(29)12-20(28)23(16)35-14-15-6-4-5-7-21(15)30/h4-13H,14H2,1-3H3. The SMILES string of the molecule is CC(C)(C)c1nc2ccc(Br)cc2c(=O)n1N=Cc1cc(Cl)cc(Br)c1OCc1ccccc1F. The predicted octanol–water partition coefficient (Wildman–Crippen LogP) is 7.47. The molecule has 9 heteroatoms. The molecule has 0 aliphatic heterocycles. The third-order valence-corrected chi connectivity index (χ3v) is 6.46. The summed E-state index contributed by atoms with van der Waals surface area (Å²) in [6, 6.07) is 15.1. The molecule has 0 spiro atoms. The minimum Gasteiger partial charge on any atom is -0.487 e. The van der Waals surface area contributed by atoms with Gasteiger partial charge in [0.25, 0.3) is 5.56 Å². The average Bonchev–Trinajstić information content (AvgIpc) is 2.78. The number of hydrogen-bond donors (Lipinski definition) is 0. The van der Waals surface area contributed by atoms with E-state index < -0.39 is 5.41 Å².